The van der Waals surface area contributed by atoms with E-state index in [1.54, 1.807) is 38.2 Å². The lowest BCUT2D eigenvalue weighted by molar-refractivity contribution is -0.147. The number of ether oxygens (including phenoxy) is 1. The van der Waals surface area contributed by atoms with Crippen molar-refractivity contribution in [2.75, 3.05) is 13.1 Å². The Morgan fingerprint density at radius 2 is 2.13 bits per heavy atom. The molecule has 8 nitrogen and oxygen atoms in total. The van der Waals surface area contributed by atoms with Crippen LogP contribution in [0.1, 0.15) is 54.3 Å². The largest absolute Gasteiger partial charge is 0.487 e. The van der Waals surface area contributed by atoms with E-state index in [2.05, 4.69) is 21.2 Å². The number of benzene rings is 1. The monoisotopic (exact) mass is 412 g/mol. The Morgan fingerprint density at radius 1 is 1.30 bits per heavy atom. The average Bonchev–Trinajstić information content (AvgIpc) is 3.27. The molecule has 1 fully saturated rings. The fourth-order valence-corrected chi connectivity index (χ4v) is 3.06. The first-order chi connectivity index (χ1) is 14.3. The minimum atomic E-state index is -0.880. The molecule has 1 aromatic carbocycles. The Balaban J connectivity index is 1.51. The summed E-state index contributed by atoms with van der Waals surface area (Å²) in [5, 5.41) is 11.9. The van der Waals surface area contributed by atoms with Crippen LogP contribution in [0.2, 0.25) is 0 Å². The Morgan fingerprint density at radius 3 is 2.80 bits per heavy atom. The van der Waals surface area contributed by atoms with Gasteiger partial charge in [0.2, 0.25) is 0 Å². The van der Waals surface area contributed by atoms with Crippen LogP contribution in [0, 0.1) is 5.41 Å². The van der Waals surface area contributed by atoms with Crippen molar-refractivity contribution in [2.24, 2.45) is 5.41 Å². The van der Waals surface area contributed by atoms with E-state index in [9.17, 15) is 9.59 Å². The fraction of sp³-hybridized carbons (Fsp3) is 0.409. The van der Waals surface area contributed by atoms with Crippen molar-refractivity contribution in [3.05, 3.63) is 59.4 Å². The number of nitrogens with zero attached hydrogens (tertiary/aromatic N) is 1. The van der Waals surface area contributed by atoms with Gasteiger partial charge in [-0.15, -0.1) is 0 Å². The van der Waals surface area contributed by atoms with E-state index >= 15 is 0 Å². The Hall–Kier alpha value is -2.97. The molecule has 0 bridgehead atoms. The number of carbonyl (C=O) groups excluding carboxylic acids is 1. The van der Waals surface area contributed by atoms with E-state index in [-0.39, 0.29) is 11.9 Å². The van der Waals surface area contributed by atoms with Gasteiger partial charge in [0, 0.05) is 18.7 Å². The molecule has 3 rings (SSSR count). The van der Waals surface area contributed by atoms with Crippen LogP contribution in [0.15, 0.2) is 42.6 Å². The minimum Gasteiger partial charge on any atom is -0.487 e. The molecule has 0 saturated carbocycles. The van der Waals surface area contributed by atoms with Crippen LogP contribution in [0.4, 0.5) is 0 Å². The number of carboxylic acid groups (broad SMARTS) is 1. The van der Waals surface area contributed by atoms with Gasteiger partial charge in [-0.05, 0) is 56.5 Å². The molecule has 1 saturated heterocycles. The molecule has 2 heterocycles. The molecule has 1 aliphatic heterocycles. The van der Waals surface area contributed by atoms with Gasteiger partial charge in [-0.3, -0.25) is 20.0 Å². The van der Waals surface area contributed by atoms with Gasteiger partial charge in [-0.25, -0.2) is 5.43 Å². The number of amides is 1. The van der Waals surface area contributed by atoms with E-state index in [0.29, 0.717) is 30.9 Å². The fourth-order valence-electron chi connectivity index (χ4n) is 3.06. The second-order valence-electron chi connectivity index (χ2n) is 8.02. The number of pyridine rings is 1. The lowest BCUT2D eigenvalue weighted by atomic mass is 9.90. The van der Waals surface area contributed by atoms with E-state index in [1.807, 2.05) is 18.2 Å². The van der Waals surface area contributed by atoms with Crippen molar-refractivity contribution in [1.82, 2.24) is 21.2 Å². The predicted molar refractivity (Wildman–Crippen MR) is 112 cm³/mol. The molecule has 0 aliphatic carbocycles. The Kier molecular flexibility index (Phi) is 7.02. The second-order valence-corrected chi connectivity index (χ2v) is 8.02. The predicted octanol–water partition coefficient (Wildman–Crippen LogP) is 2.43. The van der Waals surface area contributed by atoms with E-state index in [0.717, 1.165) is 24.2 Å². The van der Waals surface area contributed by atoms with Gasteiger partial charge in [-0.2, -0.15) is 0 Å². The summed E-state index contributed by atoms with van der Waals surface area (Å²) in [6, 6.07) is 11.2. The molecule has 8 heteroatoms. The van der Waals surface area contributed by atoms with Gasteiger partial charge >= 0.3 is 5.97 Å². The average molecular weight is 412 g/mol. The topological polar surface area (TPSA) is 113 Å². The first kappa shape index (κ1) is 21.7. The van der Waals surface area contributed by atoms with Crippen LogP contribution in [-0.2, 0) is 11.4 Å². The summed E-state index contributed by atoms with van der Waals surface area (Å²) in [6.07, 6.45) is 3.05. The number of aliphatic carboxylic acids is 1. The third kappa shape index (κ3) is 5.77. The number of rotatable bonds is 9. The first-order valence-electron chi connectivity index (χ1n) is 10.0. The van der Waals surface area contributed by atoms with Gasteiger partial charge in [0.25, 0.3) is 5.91 Å². The molecular formula is C22H28N4O4. The maximum absolute atomic E-state index is 12.4. The maximum Gasteiger partial charge on any atom is 0.309 e. The van der Waals surface area contributed by atoms with Crippen molar-refractivity contribution in [3.8, 4) is 5.75 Å². The van der Waals surface area contributed by atoms with Crippen molar-refractivity contribution in [2.45, 2.75) is 39.3 Å². The smallest absolute Gasteiger partial charge is 0.309 e. The lowest BCUT2D eigenvalue weighted by Crippen LogP contribution is -2.32. The van der Waals surface area contributed by atoms with Crippen molar-refractivity contribution < 1.29 is 19.4 Å². The summed E-state index contributed by atoms with van der Waals surface area (Å²) in [6.45, 7) is 4.82. The van der Waals surface area contributed by atoms with E-state index in [4.69, 9.17) is 9.84 Å². The molecule has 1 atom stereocenters. The standard InChI is InChI=1S/C22H28N4O4/c1-22(2,21(28)29)9-11-23-20(27)16-5-3-4-15(12-16)14-30-17-6-7-18(24-13-17)19-8-10-25-26-19/h3-7,12-13,19,25-26H,8-11,14H2,1-2H3,(H,23,27)(H,28,29). The maximum atomic E-state index is 12.4. The first-order valence-corrected chi connectivity index (χ1v) is 10.0. The van der Waals surface area contributed by atoms with E-state index < -0.39 is 11.4 Å². The summed E-state index contributed by atoms with van der Waals surface area (Å²) in [5.41, 5.74) is 7.73. The minimum absolute atomic E-state index is 0.218. The van der Waals surface area contributed by atoms with Crippen LogP contribution < -0.4 is 20.9 Å². The highest BCUT2D eigenvalue weighted by Crippen LogP contribution is 2.20. The molecule has 1 aromatic heterocycles. The number of hydrogen-bond donors (Lipinski definition) is 4. The molecule has 0 spiro atoms. The van der Waals surface area contributed by atoms with Gasteiger partial charge < -0.3 is 15.2 Å². The molecular weight excluding hydrogens is 384 g/mol. The number of hydrogen-bond acceptors (Lipinski definition) is 6. The van der Waals surface area contributed by atoms with E-state index in [1.165, 1.54) is 0 Å². The molecule has 160 valence electrons. The molecule has 1 aliphatic rings. The number of hydrazine groups is 1. The normalized spacial score (nSPS) is 16.3. The molecule has 30 heavy (non-hydrogen) atoms. The Bertz CT molecular complexity index is 877. The van der Waals surface area contributed by atoms with Crippen molar-refractivity contribution >= 4 is 11.9 Å². The lowest BCUT2D eigenvalue weighted by Gasteiger charge is -2.19. The van der Waals surface area contributed by atoms with Gasteiger partial charge in [0.15, 0.2) is 0 Å². The van der Waals surface area contributed by atoms with Gasteiger partial charge in [-0.1, -0.05) is 12.1 Å². The van der Waals surface area contributed by atoms with Crippen molar-refractivity contribution in [3.63, 3.8) is 0 Å². The highest BCUT2D eigenvalue weighted by atomic mass is 16.5. The van der Waals surface area contributed by atoms with Crippen LogP contribution in [0.3, 0.4) is 0 Å². The third-order valence-corrected chi connectivity index (χ3v) is 5.16. The van der Waals surface area contributed by atoms with Gasteiger partial charge in [0.05, 0.1) is 23.3 Å². The van der Waals surface area contributed by atoms with Gasteiger partial charge in [0.1, 0.15) is 12.4 Å². The summed E-state index contributed by atoms with van der Waals surface area (Å²) in [4.78, 5) is 28.0. The summed E-state index contributed by atoms with van der Waals surface area (Å²) < 4.78 is 5.80. The molecule has 2 aromatic rings. The highest BCUT2D eigenvalue weighted by molar-refractivity contribution is 5.94. The number of carboxylic acids is 1. The number of aromatic nitrogens is 1. The Labute approximate surface area is 176 Å². The second kappa shape index (κ2) is 9.69. The number of carbonyl (C=O) groups is 2. The van der Waals surface area contributed by atoms with Crippen LogP contribution in [0.5, 0.6) is 5.75 Å². The quantitative estimate of drug-likeness (QED) is 0.500. The molecule has 1 amide bonds. The van der Waals surface area contributed by atoms with Crippen LogP contribution in [0.25, 0.3) is 0 Å². The molecule has 1 unspecified atom stereocenters. The third-order valence-electron chi connectivity index (χ3n) is 5.16. The zero-order valence-electron chi connectivity index (χ0n) is 17.3. The van der Waals surface area contributed by atoms with Crippen molar-refractivity contribution in [1.29, 1.82) is 0 Å². The van der Waals surface area contributed by atoms with Crippen LogP contribution in [-0.4, -0.2) is 35.1 Å². The zero-order chi connectivity index (χ0) is 21.6. The summed E-state index contributed by atoms with van der Waals surface area (Å²) >= 11 is 0. The number of nitrogens with one attached hydrogen (secondary N) is 3. The molecule has 0 radical (unpaired) electrons. The zero-order valence-corrected chi connectivity index (χ0v) is 17.3. The summed E-state index contributed by atoms with van der Waals surface area (Å²) in [5.74, 6) is -0.452. The summed E-state index contributed by atoms with van der Waals surface area (Å²) in [7, 11) is 0. The SMILES string of the molecule is CC(C)(CCNC(=O)c1cccc(COc2ccc(C3CCNN3)nc2)c1)C(=O)O. The molecule has 4 N–H and O–H groups in total. The highest BCUT2D eigenvalue weighted by Gasteiger charge is 2.26. The van der Waals surface area contributed by atoms with Crippen LogP contribution >= 0.6 is 0 Å².